The van der Waals surface area contributed by atoms with Crippen molar-refractivity contribution in [3.05, 3.63) is 57.8 Å². The van der Waals surface area contributed by atoms with Crippen molar-refractivity contribution in [2.75, 3.05) is 26.9 Å². The lowest BCUT2D eigenvalue weighted by molar-refractivity contribution is -0.361. The van der Waals surface area contributed by atoms with E-state index >= 15 is 0 Å². The second-order valence-corrected chi connectivity index (χ2v) is 13.0. The number of phenolic OH excluding ortho intramolecular Hbond substituents is 2. The molecule has 8 N–H and O–H groups in total. The number of methoxy groups -OCH3 is 1. The maximum atomic E-state index is 13.9. The molecule has 0 saturated carbocycles. The lowest BCUT2D eigenvalue weighted by Gasteiger charge is -2.45. The van der Waals surface area contributed by atoms with E-state index in [-0.39, 0.29) is 34.5 Å². The fourth-order valence-corrected chi connectivity index (χ4v) is 6.04. The predicted molar refractivity (Wildman–Crippen MR) is 182 cm³/mol. The van der Waals surface area contributed by atoms with Crippen LogP contribution in [-0.4, -0.2) is 135 Å². The van der Waals surface area contributed by atoms with Gasteiger partial charge in [0.05, 0.1) is 19.8 Å². The zero-order valence-corrected chi connectivity index (χ0v) is 29.3. The summed E-state index contributed by atoms with van der Waals surface area (Å²) in [6.07, 6.45) is -13.8. The number of allylic oxidation sites excluding steroid dienone is 2. The largest absolute Gasteiger partial charge is 0.507 e. The third-order valence-electron chi connectivity index (χ3n) is 8.98. The van der Waals surface area contributed by atoms with E-state index in [1.54, 1.807) is 30.3 Å². The topological polar surface area (TPSA) is 264 Å². The van der Waals surface area contributed by atoms with Crippen molar-refractivity contribution in [3.63, 3.8) is 0 Å². The number of rotatable bonds is 13. The molecule has 2 fully saturated rings. The number of carbonyl (C=O) groups is 1. The summed E-state index contributed by atoms with van der Waals surface area (Å²) < 4.78 is 39.0. The Morgan fingerprint density at radius 2 is 1.60 bits per heavy atom. The highest BCUT2D eigenvalue weighted by atomic mass is 16.7. The quantitative estimate of drug-likeness (QED) is 0.107. The van der Waals surface area contributed by atoms with Crippen molar-refractivity contribution < 1.29 is 78.5 Å². The number of aliphatic hydroxyl groups excluding tert-OH is 6. The predicted octanol–water partition coefficient (Wildman–Crippen LogP) is 0.00470. The summed E-state index contributed by atoms with van der Waals surface area (Å²) in [5.74, 6) is -1.61. The summed E-state index contributed by atoms with van der Waals surface area (Å²) in [4.78, 5) is 27.1. The molecule has 5 rings (SSSR count). The lowest BCUT2D eigenvalue weighted by atomic mass is 9.97. The van der Waals surface area contributed by atoms with E-state index in [1.807, 2.05) is 13.8 Å². The molecule has 2 saturated heterocycles. The van der Waals surface area contributed by atoms with Crippen molar-refractivity contribution >= 4 is 16.8 Å². The van der Waals surface area contributed by atoms with Gasteiger partial charge in [0, 0.05) is 17.2 Å². The Morgan fingerprint density at radius 1 is 0.906 bits per heavy atom. The van der Waals surface area contributed by atoms with E-state index in [9.17, 15) is 50.4 Å². The van der Waals surface area contributed by atoms with Gasteiger partial charge in [0.2, 0.25) is 11.2 Å². The molecule has 0 aliphatic carbocycles. The van der Waals surface area contributed by atoms with Crippen LogP contribution >= 0.6 is 0 Å². The monoisotopic (exact) mass is 748 g/mol. The van der Waals surface area contributed by atoms with Gasteiger partial charge in [-0.1, -0.05) is 11.6 Å². The van der Waals surface area contributed by atoms with E-state index in [0.29, 0.717) is 11.3 Å². The Kier molecular flexibility index (Phi) is 12.8. The second-order valence-electron chi connectivity index (χ2n) is 13.0. The molecule has 0 amide bonds. The maximum Gasteiger partial charge on any atom is 0.239 e. The number of phenols is 2. The first-order valence-electron chi connectivity index (χ1n) is 16.7. The number of carbonyl (C=O) groups excluding carboxylic acids is 1. The molecule has 53 heavy (non-hydrogen) atoms. The molecular formula is C36H44O17. The number of benzene rings is 2. The number of ketones is 1. The average Bonchev–Trinajstić information content (AvgIpc) is 3.12. The molecule has 2 aromatic carbocycles. The number of Topliss-reactive ketones (excluding diaryl/α,β-unsaturated/α-hetero) is 1. The fourth-order valence-electron chi connectivity index (χ4n) is 6.04. The van der Waals surface area contributed by atoms with Crippen LogP contribution in [0.5, 0.6) is 23.0 Å². The molecule has 1 aromatic heterocycles. The third kappa shape index (κ3) is 8.49. The minimum Gasteiger partial charge on any atom is -0.507 e. The van der Waals surface area contributed by atoms with Crippen LogP contribution in [0.15, 0.2) is 51.2 Å². The van der Waals surface area contributed by atoms with Crippen molar-refractivity contribution in [1.29, 1.82) is 0 Å². The van der Waals surface area contributed by atoms with E-state index in [2.05, 4.69) is 0 Å². The Hall–Kier alpha value is -4.14. The molecule has 17 nitrogen and oxygen atoms in total. The zero-order chi connectivity index (χ0) is 38.7. The molecule has 17 heteroatoms. The van der Waals surface area contributed by atoms with Crippen LogP contribution in [-0.2, 0) is 30.2 Å². The second kappa shape index (κ2) is 16.9. The van der Waals surface area contributed by atoms with Gasteiger partial charge in [0.15, 0.2) is 24.1 Å². The summed E-state index contributed by atoms with van der Waals surface area (Å²) >= 11 is 0. The van der Waals surface area contributed by atoms with E-state index in [1.165, 1.54) is 14.0 Å². The minimum atomic E-state index is -1.84. The molecule has 0 radical (unpaired) electrons. The van der Waals surface area contributed by atoms with Crippen LogP contribution in [0, 0.1) is 0 Å². The van der Waals surface area contributed by atoms with Crippen molar-refractivity contribution in [2.45, 2.75) is 88.6 Å². The molecule has 10 unspecified atom stereocenters. The number of hydrogen-bond acceptors (Lipinski definition) is 17. The molecule has 3 aromatic rings. The lowest BCUT2D eigenvalue weighted by Crippen LogP contribution is -2.64. The first kappa shape index (κ1) is 40.1. The smallest absolute Gasteiger partial charge is 0.239 e. The summed E-state index contributed by atoms with van der Waals surface area (Å²) in [6.45, 7) is 2.98. The van der Waals surface area contributed by atoms with E-state index < -0.39 is 104 Å². The van der Waals surface area contributed by atoms with Crippen LogP contribution in [0.25, 0.3) is 22.3 Å². The molecule has 0 spiro atoms. The zero-order valence-electron chi connectivity index (χ0n) is 29.3. The van der Waals surface area contributed by atoms with Gasteiger partial charge in [-0.05, 0) is 51.5 Å². The highest BCUT2D eigenvalue weighted by Gasteiger charge is 2.50. The molecular weight excluding hydrogens is 704 g/mol. The Morgan fingerprint density at radius 3 is 2.25 bits per heavy atom. The number of hydrogen-bond donors (Lipinski definition) is 8. The number of fused-ring (bicyclic) bond motifs is 1. The third-order valence-corrected chi connectivity index (χ3v) is 8.98. The summed E-state index contributed by atoms with van der Waals surface area (Å²) in [6, 6.07) is 7.41. The first-order valence-corrected chi connectivity index (χ1v) is 16.7. The van der Waals surface area contributed by atoms with Gasteiger partial charge < -0.3 is 73.7 Å². The Bertz CT molecular complexity index is 1830. The molecule has 290 valence electrons. The fraction of sp³-hybridized carbons (Fsp3) is 0.500. The maximum absolute atomic E-state index is 13.9. The van der Waals surface area contributed by atoms with Gasteiger partial charge in [-0.25, -0.2) is 0 Å². The molecule has 0 bridgehead atoms. The molecule has 10 atom stereocenters. The summed E-state index contributed by atoms with van der Waals surface area (Å²) in [7, 11) is 1.48. The molecule has 2 aliphatic rings. The highest BCUT2D eigenvalue weighted by Crippen LogP contribution is 2.39. The van der Waals surface area contributed by atoms with Crippen LogP contribution in [0.2, 0.25) is 0 Å². The highest BCUT2D eigenvalue weighted by molar-refractivity contribution is 5.91. The van der Waals surface area contributed by atoms with Crippen LogP contribution in [0.4, 0.5) is 0 Å². The number of aliphatic hydroxyl groups is 6. The standard InChI is InChI=1S/C36H44O17/c1-15(2)5-10-20-21(39)11-22(40)24-26(42)33(31(52-32(20)24)17-6-8-19(47-4)9-7-17)49-14-18(38)13-48-30-16(3)50-35(46)34(29(30)45)53-36-28(44)27(43)25(41)23(12-37)51-36/h5-9,11,16,23,25,27-30,34-37,39-41,43-46H,10,12-14H2,1-4H3. The number of ether oxygens (including phenoxy) is 6. The SMILES string of the molecule is COc1ccc(-c2oc3c(CC=C(C)C)c(O)cc(O)c3c(=O)c2OCC(=O)COC2C(C)OC(O)C(OC3OC(CO)C(O)C(O)C3O)C2O)cc1. The Labute approximate surface area is 302 Å². The van der Waals surface area contributed by atoms with Gasteiger partial charge in [-0.2, -0.15) is 0 Å². The van der Waals surface area contributed by atoms with Crippen LogP contribution < -0.4 is 14.9 Å². The van der Waals surface area contributed by atoms with Crippen LogP contribution in [0.1, 0.15) is 26.3 Å². The summed E-state index contributed by atoms with van der Waals surface area (Å²) in [5, 5.41) is 82.7. The Balaban J connectivity index is 1.36. The van der Waals surface area contributed by atoms with Gasteiger partial charge >= 0.3 is 0 Å². The molecule has 3 heterocycles. The van der Waals surface area contributed by atoms with Gasteiger partial charge in [0.1, 0.15) is 84.2 Å². The minimum absolute atomic E-state index is 0.0826. The van der Waals surface area contributed by atoms with Crippen LogP contribution in [0.3, 0.4) is 0 Å². The van der Waals surface area contributed by atoms with Gasteiger partial charge in [-0.3, -0.25) is 9.59 Å². The van der Waals surface area contributed by atoms with Crippen molar-refractivity contribution in [1.82, 2.24) is 0 Å². The van der Waals surface area contributed by atoms with Gasteiger partial charge in [-0.15, -0.1) is 0 Å². The average molecular weight is 749 g/mol. The first-order chi connectivity index (χ1) is 25.2. The number of aromatic hydroxyl groups is 2. The summed E-state index contributed by atoms with van der Waals surface area (Å²) in [5.41, 5.74) is 0.608. The van der Waals surface area contributed by atoms with Crippen molar-refractivity contribution in [3.8, 4) is 34.3 Å². The normalized spacial score (nSPS) is 28.8. The molecule has 2 aliphatic heterocycles. The van der Waals surface area contributed by atoms with Crippen molar-refractivity contribution in [2.24, 2.45) is 0 Å². The van der Waals surface area contributed by atoms with E-state index in [4.69, 9.17) is 32.8 Å². The van der Waals surface area contributed by atoms with Gasteiger partial charge in [0.25, 0.3) is 0 Å². The van der Waals surface area contributed by atoms with E-state index in [0.717, 1.165) is 11.6 Å².